The summed E-state index contributed by atoms with van der Waals surface area (Å²) in [5.41, 5.74) is 9.83. The number of benzene rings is 3. The summed E-state index contributed by atoms with van der Waals surface area (Å²) in [5.74, 6) is 0. The second-order valence-corrected chi connectivity index (χ2v) is 18.4. The Morgan fingerprint density at radius 2 is 1.60 bits per heavy atom. The van der Waals surface area contributed by atoms with Crippen LogP contribution in [-0.4, -0.2) is 18.0 Å². The molecular weight excluding hydrogens is 721 g/mol. The van der Waals surface area contributed by atoms with Gasteiger partial charge in [0.15, 0.2) is 0 Å². The SMILES string of the molecule is Cc1cc(-c2[c-]cc([Si](C)(C)C)c3c2oc2ccccc23)ncc1CC(C)(C)C.Cc1ccnc(-c2[c-]cccc2)c1.[Ir]. The molecule has 0 saturated carbocycles. The van der Waals surface area contributed by atoms with Gasteiger partial charge in [-0.15, -0.1) is 53.2 Å². The first-order valence-electron chi connectivity index (χ1n) is 14.6. The number of hydrogen-bond donors (Lipinski definition) is 0. The molecule has 43 heavy (non-hydrogen) atoms. The van der Waals surface area contributed by atoms with Crippen molar-refractivity contribution < 1.29 is 24.5 Å². The standard InChI is InChI=1S/C26H30NOSi.C12H10N.Ir/c1-17-14-21(27-16-18(17)15-26(2,3)4)19-12-13-23(29(5,6)7)24-20-10-8-9-11-22(20)28-25(19)24;1-10-7-8-13-12(9-10)11-5-3-2-4-6-11;/h8-11,13-14,16H,15H2,1-7H3;2-5,7-9H,1H3;/q2*-1;. The minimum atomic E-state index is -1.56. The maximum Gasteiger partial charge on any atom is 0.120 e. The van der Waals surface area contributed by atoms with Crippen LogP contribution in [-0.2, 0) is 26.5 Å². The van der Waals surface area contributed by atoms with E-state index >= 15 is 0 Å². The van der Waals surface area contributed by atoms with Gasteiger partial charge in [0.1, 0.15) is 5.58 Å². The van der Waals surface area contributed by atoms with Crippen molar-refractivity contribution in [1.82, 2.24) is 9.97 Å². The Morgan fingerprint density at radius 3 is 2.26 bits per heavy atom. The van der Waals surface area contributed by atoms with Crippen molar-refractivity contribution in [2.24, 2.45) is 5.41 Å². The summed E-state index contributed by atoms with van der Waals surface area (Å²) in [6.45, 7) is 18.2. The van der Waals surface area contributed by atoms with Gasteiger partial charge in [0, 0.05) is 46.0 Å². The van der Waals surface area contributed by atoms with E-state index < -0.39 is 8.07 Å². The monoisotopic (exact) mass is 761 g/mol. The van der Waals surface area contributed by atoms with Gasteiger partial charge in [-0.1, -0.05) is 92.8 Å². The summed E-state index contributed by atoms with van der Waals surface area (Å²) in [6.07, 6.45) is 4.88. The molecule has 0 aliphatic rings. The van der Waals surface area contributed by atoms with Crippen molar-refractivity contribution in [1.29, 1.82) is 0 Å². The summed E-state index contributed by atoms with van der Waals surface area (Å²) in [5, 5.41) is 3.82. The average molecular weight is 761 g/mol. The molecule has 5 heteroatoms. The fraction of sp³-hybridized carbons (Fsp3) is 0.263. The number of pyridine rings is 2. The first kappa shape index (κ1) is 32.5. The number of aryl methyl sites for hydroxylation is 2. The van der Waals surface area contributed by atoms with E-state index in [0.29, 0.717) is 0 Å². The predicted molar refractivity (Wildman–Crippen MR) is 180 cm³/mol. The number of para-hydroxylation sites is 1. The third-order valence-corrected chi connectivity index (χ3v) is 9.37. The van der Waals surface area contributed by atoms with Crippen molar-refractivity contribution in [3.63, 3.8) is 0 Å². The van der Waals surface area contributed by atoms with Gasteiger partial charge in [-0.2, -0.15) is 0 Å². The molecular formula is C38H40IrN2OSi-2. The van der Waals surface area contributed by atoms with Crippen molar-refractivity contribution in [2.45, 2.75) is 60.7 Å². The topological polar surface area (TPSA) is 38.9 Å². The normalized spacial score (nSPS) is 11.6. The minimum absolute atomic E-state index is 0. The zero-order valence-corrected chi connectivity index (χ0v) is 29.8. The second kappa shape index (κ2) is 13.1. The van der Waals surface area contributed by atoms with Crippen LogP contribution >= 0.6 is 0 Å². The Hall–Kier alpha value is -3.37. The second-order valence-electron chi connectivity index (χ2n) is 13.4. The molecule has 0 unspecified atom stereocenters. The molecule has 6 aromatic rings. The predicted octanol–water partition coefficient (Wildman–Crippen LogP) is 9.75. The van der Waals surface area contributed by atoms with Gasteiger partial charge < -0.3 is 14.4 Å². The van der Waals surface area contributed by atoms with Gasteiger partial charge in [0.25, 0.3) is 0 Å². The van der Waals surface area contributed by atoms with Crippen LogP contribution in [0, 0.1) is 31.4 Å². The van der Waals surface area contributed by atoms with E-state index in [0.717, 1.165) is 40.1 Å². The Morgan fingerprint density at radius 1 is 0.860 bits per heavy atom. The van der Waals surface area contributed by atoms with Gasteiger partial charge in [-0.25, -0.2) is 0 Å². The van der Waals surface area contributed by atoms with Crippen molar-refractivity contribution in [2.75, 3.05) is 0 Å². The third kappa shape index (κ3) is 7.59. The average Bonchev–Trinajstić information content (AvgIpc) is 3.33. The van der Waals surface area contributed by atoms with Gasteiger partial charge in [-0.05, 0) is 54.8 Å². The number of fused-ring (bicyclic) bond motifs is 3. The maximum absolute atomic E-state index is 6.38. The smallest absolute Gasteiger partial charge is 0.120 e. The molecule has 6 rings (SSSR count). The fourth-order valence-corrected chi connectivity index (χ4v) is 6.77. The Labute approximate surface area is 271 Å². The molecule has 1 radical (unpaired) electrons. The van der Waals surface area contributed by atoms with Crippen LogP contribution in [0.2, 0.25) is 19.6 Å². The summed E-state index contributed by atoms with van der Waals surface area (Å²) >= 11 is 0. The summed E-state index contributed by atoms with van der Waals surface area (Å²) < 4.78 is 6.38. The van der Waals surface area contributed by atoms with E-state index in [1.54, 1.807) is 0 Å². The molecule has 0 atom stereocenters. The van der Waals surface area contributed by atoms with Gasteiger partial charge >= 0.3 is 0 Å². The van der Waals surface area contributed by atoms with Crippen molar-refractivity contribution in [3.05, 3.63) is 114 Å². The minimum Gasteiger partial charge on any atom is -0.501 e. The molecule has 0 bridgehead atoms. The number of nitrogens with zero attached hydrogens (tertiary/aromatic N) is 2. The van der Waals surface area contributed by atoms with Crippen molar-refractivity contribution >= 4 is 35.2 Å². The number of furan rings is 1. The van der Waals surface area contributed by atoms with Crippen LogP contribution in [0.5, 0.6) is 0 Å². The van der Waals surface area contributed by atoms with Gasteiger partial charge in [-0.3, -0.25) is 0 Å². The maximum atomic E-state index is 6.38. The van der Waals surface area contributed by atoms with Gasteiger partial charge in [0.05, 0.1) is 5.58 Å². The van der Waals surface area contributed by atoms with Crippen molar-refractivity contribution in [3.8, 4) is 22.5 Å². The fourth-order valence-electron chi connectivity index (χ4n) is 5.27. The summed E-state index contributed by atoms with van der Waals surface area (Å²) in [7, 11) is -1.56. The first-order chi connectivity index (χ1) is 19.9. The molecule has 0 saturated heterocycles. The third-order valence-electron chi connectivity index (χ3n) is 7.36. The molecule has 0 N–H and O–H groups in total. The Balaban J connectivity index is 0.000000253. The van der Waals surface area contributed by atoms with Crippen LogP contribution in [0.25, 0.3) is 44.5 Å². The summed E-state index contributed by atoms with van der Waals surface area (Å²) in [6, 6.07) is 31.3. The van der Waals surface area contributed by atoms with E-state index in [4.69, 9.17) is 9.40 Å². The largest absolute Gasteiger partial charge is 0.501 e. The molecule has 3 nitrogen and oxygen atoms in total. The van der Waals surface area contributed by atoms with E-state index in [1.807, 2.05) is 48.8 Å². The molecule has 0 spiro atoms. The zero-order valence-electron chi connectivity index (χ0n) is 26.4. The van der Waals surface area contributed by atoms with E-state index in [9.17, 15) is 0 Å². The quantitative estimate of drug-likeness (QED) is 0.133. The molecule has 3 heterocycles. The van der Waals surface area contributed by atoms with Crippen LogP contribution in [0.4, 0.5) is 0 Å². The molecule has 0 amide bonds. The van der Waals surface area contributed by atoms with E-state index in [1.165, 1.54) is 32.6 Å². The van der Waals surface area contributed by atoms with Crippen LogP contribution in [0.1, 0.15) is 37.5 Å². The summed E-state index contributed by atoms with van der Waals surface area (Å²) in [4.78, 5) is 9.10. The van der Waals surface area contributed by atoms with Crippen LogP contribution in [0.15, 0.2) is 89.6 Å². The van der Waals surface area contributed by atoms with Crippen LogP contribution < -0.4 is 5.19 Å². The Kier molecular flexibility index (Phi) is 9.91. The molecule has 0 aliphatic heterocycles. The number of hydrogen-bond acceptors (Lipinski definition) is 3. The molecule has 223 valence electrons. The zero-order chi connectivity index (χ0) is 30.1. The van der Waals surface area contributed by atoms with Gasteiger partial charge in [0.2, 0.25) is 0 Å². The van der Waals surface area contributed by atoms with Crippen LogP contribution in [0.3, 0.4) is 0 Å². The molecule has 0 aliphatic carbocycles. The molecule has 0 fully saturated rings. The van der Waals surface area contributed by atoms with E-state index in [-0.39, 0.29) is 25.5 Å². The number of rotatable bonds is 4. The first-order valence-corrected chi connectivity index (χ1v) is 18.1. The Bertz CT molecular complexity index is 1850. The van der Waals surface area contributed by atoms with E-state index in [2.05, 4.69) is 108 Å². The molecule has 3 aromatic carbocycles. The molecule has 3 aromatic heterocycles. The number of aromatic nitrogens is 2.